The zero-order chi connectivity index (χ0) is 11.7. The molecule has 0 amide bonds. The number of nitrogens with zero attached hydrogens (tertiary/aromatic N) is 3. The van der Waals surface area contributed by atoms with Crippen molar-refractivity contribution >= 4 is 27.4 Å². The Bertz CT molecular complexity index is 492. The smallest absolute Gasteiger partial charge is 0.140 e. The number of likely N-dealkylation sites (N-methyl/N-ethyl adjacent to an activating group) is 1. The summed E-state index contributed by atoms with van der Waals surface area (Å²) in [6.07, 6.45) is 1.62. The second kappa shape index (κ2) is 4.35. The van der Waals surface area contributed by atoms with Crippen molar-refractivity contribution in [3.05, 3.63) is 17.3 Å². The second-order valence-corrected chi connectivity index (χ2v) is 5.37. The summed E-state index contributed by atoms with van der Waals surface area (Å²) >= 11 is 1.69. The molecular weight excluding hydrogens is 220 g/mol. The lowest BCUT2D eigenvalue weighted by Gasteiger charge is -2.20. The van der Waals surface area contributed by atoms with E-state index in [1.807, 2.05) is 14.0 Å². The maximum atomic E-state index is 5.80. The van der Waals surface area contributed by atoms with E-state index in [9.17, 15) is 0 Å². The molecule has 0 saturated carbocycles. The molecule has 0 spiro atoms. The number of aryl methyl sites for hydroxylation is 1. The van der Waals surface area contributed by atoms with Crippen LogP contribution in [0.15, 0.2) is 12.4 Å². The van der Waals surface area contributed by atoms with Gasteiger partial charge in [-0.15, -0.1) is 11.3 Å². The molecule has 5 heteroatoms. The number of anilines is 1. The maximum Gasteiger partial charge on any atom is 0.140 e. The molecule has 16 heavy (non-hydrogen) atoms. The van der Waals surface area contributed by atoms with Crippen LogP contribution < -0.4 is 10.6 Å². The zero-order valence-corrected chi connectivity index (χ0v) is 10.6. The Balaban J connectivity index is 2.43. The van der Waals surface area contributed by atoms with E-state index < -0.39 is 0 Å². The van der Waals surface area contributed by atoms with Gasteiger partial charge in [0.05, 0.1) is 5.39 Å². The van der Waals surface area contributed by atoms with Crippen LogP contribution in [0.4, 0.5) is 5.82 Å². The fraction of sp³-hybridized carbons (Fsp3) is 0.455. The number of hydrogen-bond acceptors (Lipinski definition) is 5. The number of aromatic nitrogens is 2. The molecular formula is C11H16N4S. The van der Waals surface area contributed by atoms with Crippen molar-refractivity contribution in [1.82, 2.24) is 9.97 Å². The lowest BCUT2D eigenvalue weighted by atomic mass is 10.3. The number of thiophene rings is 1. The number of hydrogen-bond donors (Lipinski definition) is 1. The van der Waals surface area contributed by atoms with Crippen LogP contribution in [0.2, 0.25) is 0 Å². The van der Waals surface area contributed by atoms with Gasteiger partial charge < -0.3 is 10.6 Å². The molecule has 2 N–H and O–H groups in total. The Morgan fingerprint density at radius 3 is 2.94 bits per heavy atom. The minimum Gasteiger partial charge on any atom is -0.357 e. The van der Waals surface area contributed by atoms with Gasteiger partial charge in [0.25, 0.3) is 0 Å². The van der Waals surface area contributed by atoms with Gasteiger partial charge in [0.15, 0.2) is 0 Å². The van der Waals surface area contributed by atoms with Crippen molar-refractivity contribution in [1.29, 1.82) is 0 Å². The first-order valence-corrected chi connectivity index (χ1v) is 6.07. The van der Waals surface area contributed by atoms with E-state index >= 15 is 0 Å². The zero-order valence-electron chi connectivity index (χ0n) is 9.77. The van der Waals surface area contributed by atoms with Crippen LogP contribution in [-0.2, 0) is 0 Å². The normalized spacial score (nSPS) is 13.0. The summed E-state index contributed by atoms with van der Waals surface area (Å²) in [7, 11) is 2.01. The highest BCUT2D eigenvalue weighted by molar-refractivity contribution is 7.18. The molecule has 2 rings (SSSR count). The van der Waals surface area contributed by atoms with Gasteiger partial charge >= 0.3 is 0 Å². The Kier molecular flexibility index (Phi) is 3.07. The quantitative estimate of drug-likeness (QED) is 0.882. The van der Waals surface area contributed by atoms with E-state index in [4.69, 9.17) is 5.73 Å². The van der Waals surface area contributed by atoms with Crippen LogP contribution in [0.5, 0.6) is 0 Å². The van der Waals surface area contributed by atoms with Gasteiger partial charge in [-0.3, -0.25) is 0 Å². The average Bonchev–Trinajstić information content (AvgIpc) is 2.55. The Morgan fingerprint density at radius 2 is 2.25 bits per heavy atom. The molecule has 0 aromatic carbocycles. The van der Waals surface area contributed by atoms with E-state index in [0.29, 0.717) is 0 Å². The number of nitrogens with two attached hydrogens (primary N) is 1. The molecule has 86 valence electrons. The molecule has 0 aliphatic carbocycles. The molecule has 0 aliphatic heterocycles. The summed E-state index contributed by atoms with van der Waals surface area (Å²) < 4.78 is 0. The molecule has 2 aromatic heterocycles. The van der Waals surface area contributed by atoms with Crippen molar-refractivity contribution in [2.24, 2.45) is 5.73 Å². The van der Waals surface area contributed by atoms with Gasteiger partial charge in [-0.2, -0.15) is 0 Å². The van der Waals surface area contributed by atoms with Crippen LogP contribution in [0.3, 0.4) is 0 Å². The molecule has 2 aromatic rings. The molecule has 4 nitrogen and oxygen atoms in total. The Hall–Kier alpha value is -1.20. The van der Waals surface area contributed by atoms with Crippen molar-refractivity contribution in [3.63, 3.8) is 0 Å². The van der Waals surface area contributed by atoms with E-state index in [0.717, 1.165) is 22.6 Å². The molecule has 1 unspecified atom stereocenters. The first-order valence-electron chi connectivity index (χ1n) is 5.26. The largest absolute Gasteiger partial charge is 0.357 e. The lowest BCUT2D eigenvalue weighted by Crippen LogP contribution is -2.33. The van der Waals surface area contributed by atoms with Crippen molar-refractivity contribution in [2.45, 2.75) is 19.9 Å². The van der Waals surface area contributed by atoms with Gasteiger partial charge in [0.2, 0.25) is 0 Å². The van der Waals surface area contributed by atoms with Gasteiger partial charge in [0, 0.05) is 24.5 Å². The van der Waals surface area contributed by atoms with Crippen molar-refractivity contribution < 1.29 is 0 Å². The highest BCUT2D eigenvalue weighted by Crippen LogP contribution is 2.28. The van der Waals surface area contributed by atoms with Gasteiger partial charge in [-0.1, -0.05) is 0 Å². The summed E-state index contributed by atoms with van der Waals surface area (Å²) in [4.78, 5) is 13.0. The average molecular weight is 236 g/mol. The van der Waals surface area contributed by atoms with E-state index in [2.05, 4.69) is 27.9 Å². The predicted octanol–water partition coefficient (Wildman–Crippen LogP) is 1.78. The molecule has 0 bridgehead atoms. The van der Waals surface area contributed by atoms with E-state index in [1.54, 1.807) is 17.7 Å². The third-order valence-electron chi connectivity index (χ3n) is 2.35. The SMILES string of the molecule is Cc1cc2c(N(C)CC(C)N)ncnc2s1. The first kappa shape index (κ1) is 11.3. The summed E-state index contributed by atoms with van der Waals surface area (Å²) in [5.41, 5.74) is 5.80. The predicted molar refractivity (Wildman–Crippen MR) is 69.1 cm³/mol. The maximum absolute atomic E-state index is 5.80. The third kappa shape index (κ3) is 2.15. The van der Waals surface area contributed by atoms with Crippen LogP contribution >= 0.6 is 11.3 Å². The summed E-state index contributed by atoms with van der Waals surface area (Å²) in [6.45, 7) is 4.87. The molecule has 0 radical (unpaired) electrons. The van der Waals surface area contributed by atoms with Crippen molar-refractivity contribution in [2.75, 3.05) is 18.5 Å². The van der Waals surface area contributed by atoms with Gasteiger partial charge in [0.1, 0.15) is 17.0 Å². The standard InChI is InChI=1S/C11H16N4S/c1-7(12)5-15(3)10-9-4-8(2)16-11(9)14-6-13-10/h4,6-7H,5,12H2,1-3H3. The van der Waals surface area contributed by atoms with Crippen molar-refractivity contribution in [3.8, 4) is 0 Å². The van der Waals surface area contributed by atoms with Crippen LogP contribution in [0, 0.1) is 6.92 Å². The van der Waals surface area contributed by atoms with E-state index in [-0.39, 0.29) is 6.04 Å². The first-order chi connectivity index (χ1) is 7.58. The highest BCUT2D eigenvalue weighted by atomic mass is 32.1. The van der Waals surface area contributed by atoms with Gasteiger partial charge in [-0.25, -0.2) is 9.97 Å². The van der Waals surface area contributed by atoms with Crippen LogP contribution in [-0.4, -0.2) is 29.6 Å². The summed E-state index contributed by atoms with van der Waals surface area (Å²) in [5, 5.41) is 1.12. The van der Waals surface area contributed by atoms with Crippen LogP contribution in [0.1, 0.15) is 11.8 Å². The highest BCUT2D eigenvalue weighted by Gasteiger charge is 2.11. The molecule has 0 saturated heterocycles. The molecule has 0 fully saturated rings. The van der Waals surface area contributed by atoms with E-state index in [1.165, 1.54) is 4.88 Å². The summed E-state index contributed by atoms with van der Waals surface area (Å²) in [5.74, 6) is 0.964. The minimum atomic E-state index is 0.134. The summed E-state index contributed by atoms with van der Waals surface area (Å²) in [6, 6.07) is 2.27. The van der Waals surface area contributed by atoms with Crippen LogP contribution in [0.25, 0.3) is 10.2 Å². The topological polar surface area (TPSA) is 55.0 Å². The number of rotatable bonds is 3. The fourth-order valence-corrected chi connectivity index (χ4v) is 2.63. The van der Waals surface area contributed by atoms with Gasteiger partial charge in [-0.05, 0) is 19.9 Å². The Morgan fingerprint density at radius 1 is 1.50 bits per heavy atom. The molecule has 2 heterocycles. The number of fused-ring (bicyclic) bond motifs is 1. The molecule has 0 aliphatic rings. The Labute approximate surface area is 99.1 Å². The third-order valence-corrected chi connectivity index (χ3v) is 3.31. The monoisotopic (exact) mass is 236 g/mol. The minimum absolute atomic E-state index is 0.134. The fourth-order valence-electron chi connectivity index (χ4n) is 1.79. The second-order valence-electron chi connectivity index (χ2n) is 4.13. The lowest BCUT2D eigenvalue weighted by molar-refractivity contribution is 0.713. The molecule has 1 atom stereocenters.